The van der Waals surface area contributed by atoms with E-state index in [0.717, 1.165) is 29.6 Å². The molecular weight excluding hydrogens is 328 g/mol. The quantitative estimate of drug-likeness (QED) is 0.173. The topological polar surface area (TPSA) is 83.9 Å². The molecule has 0 saturated heterocycles. The highest BCUT2D eigenvalue weighted by atomic mass is 32.2. The van der Waals surface area contributed by atoms with Crippen LogP contribution in [0, 0.1) is 22.0 Å². The van der Waals surface area contributed by atoms with E-state index in [2.05, 4.69) is 27.0 Å². The average molecular weight is 352 g/mol. The van der Waals surface area contributed by atoms with E-state index < -0.39 is 4.92 Å². The minimum Gasteiger partial charge on any atom is -0.464 e. The molecule has 0 saturated carbocycles. The number of rotatable bonds is 10. The van der Waals surface area contributed by atoms with Crippen LogP contribution >= 0.6 is 11.8 Å². The second-order valence-corrected chi connectivity index (χ2v) is 6.36. The maximum Gasteiger partial charge on any atom is 0.259 e. The highest BCUT2D eigenvalue weighted by Crippen LogP contribution is 2.16. The fraction of sp³-hybridized carbons (Fsp3) is 0.562. The molecular formula is C16H24N4O3S. The van der Waals surface area contributed by atoms with Gasteiger partial charge in [0.1, 0.15) is 11.5 Å². The largest absolute Gasteiger partial charge is 0.464 e. The normalized spacial score (nSPS) is 11.2. The summed E-state index contributed by atoms with van der Waals surface area (Å²) in [6.45, 7) is 3.10. The van der Waals surface area contributed by atoms with Crippen molar-refractivity contribution >= 4 is 17.6 Å². The summed E-state index contributed by atoms with van der Waals surface area (Å²) in [7, 11) is 4.00. The molecule has 1 aromatic heterocycles. The first-order valence-corrected chi connectivity index (χ1v) is 8.75. The summed E-state index contributed by atoms with van der Waals surface area (Å²) in [6, 6.07) is 3.97. The Hall–Kier alpha value is -1.98. The van der Waals surface area contributed by atoms with Crippen molar-refractivity contribution in [1.29, 1.82) is 0 Å². The molecule has 8 heteroatoms. The van der Waals surface area contributed by atoms with Crippen molar-refractivity contribution < 1.29 is 9.34 Å². The third kappa shape index (κ3) is 9.22. The zero-order valence-corrected chi connectivity index (χ0v) is 15.2. The number of furan rings is 1. The highest BCUT2D eigenvalue weighted by Gasteiger charge is 2.06. The molecule has 0 aliphatic carbocycles. The van der Waals surface area contributed by atoms with Crippen LogP contribution in [0.4, 0.5) is 0 Å². The molecule has 0 aliphatic heterocycles. The van der Waals surface area contributed by atoms with Crippen LogP contribution in [-0.4, -0.2) is 55.1 Å². The number of nitrogens with zero attached hydrogens (tertiary/aromatic N) is 3. The van der Waals surface area contributed by atoms with Gasteiger partial charge in [0.25, 0.3) is 6.54 Å². The van der Waals surface area contributed by atoms with Gasteiger partial charge in [-0.3, -0.25) is 15.1 Å². The number of nitrogens with one attached hydrogen (secondary N) is 1. The van der Waals surface area contributed by atoms with E-state index in [0.29, 0.717) is 18.9 Å². The molecule has 0 radical (unpaired) electrons. The van der Waals surface area contributed by atoms with Crippen molar-refractivity contribution in [2.75, 3.05) is 39.5 Å². The van der Waals surface area contributed by atoms with Crippen LogP contribution < -0.4 is 5.32 Å². The van der Waals surface area contributed by atoms with Crippen molar-refractivity contribution in [1.82, 2.24) is 10.2 Å². The molecule has 1 aromatic rings. The molecule has 0 bridgehead atoms. The van der Waals surface area contributed by atoms with Crippen molar-refractivity contribution in [2.24, 2.45) is 4.99 Å². The van der Waals surface area contributed by atoms with Gasteiger partial charge in [0.15, 0.2) is 5.84 Å². The Morgan fingerprint density at radius 1 is 1.46 bits per heavy atom. The Balaban J connectivity index is 2.33. The lowest BCUT2D eigenvalue weighted by Crippen LogP contribution is -2.31. The molecule has 0 fully saturated rings. The summed E-state index contributed by atoms with van der Waals surface area (Å²) in [6.07, 6.45) is 0. The van der Waals surface area contributed by atoms with Crippen LogP contribution in [0.5, 0.6) is 0 Å². The lowest BCUT2D eigenvalue weighted by Gasteiger charge is -2.05. The molecule has 0 spiro atoms. The Morgan fingerprint density at radius 2 is 2.21 bits per heavy atom. The average Bonchev–Trinajstić information content (AvgIpc) is 2.93. The van der Waals surface area contributed by atoms with E-state index in [-0.39, 0.29) is 6.54 Å². The molecule has 132 valence electrons. The number of hydrogen-bond donors (Lipinski definition) is 1. The summed E-state index contributed by atoms with van der Waals surface area (Å²) in [5, 5.41) is 13.5. The van der Waals surface area contributed by atoms with Gasteiger partial charge in [0.05, 0.1) is 25.4 Å². The molecule has 0 unspecified atom stereocenters. The summed E-state index contributed by atoms with van der Waals surface area (Å²) in [5.41, 5.74) is 0. The van der Waals surface area contributed by atoms with E-state index in [9.17, 15) is 10.1 Å². The Morgan fingerprint density at radius 3 is 2.88 bits per heavy atom. The Kier molecular flexibility index (Phi) is 9.65. The zero-order valence-electron chi connectivity index (χ0n) is 14.4. The van der Waals surface area contributed by atoms with Gasteiger partial charge in [-0.1, -0.05) is 5.92 Å². The summed E-state index contributed by atoms with van der Waals surface area (Å²) >= 11 is 1.69. The minimum absolute atomic E-state index is 0.303. The summed E-state index contributed by atoms with van der Waals surface area (Å²) < 4.78 is 5.73. The molecule has 0 amide bonds. The lowest BCUT2D eigenvalue weighted by molar-refractivity contribution is -0.463. The van der Waals surface area contributed by atoms with Gasteiger partial charge in [-0.2, -0.15) is 11.8 Å². The van der Waals surface area contributed by atoms with Gasteiger partial charge >= 0.3 is 0 Å². The third-order valence-electron chi connectivity index (χ3n) is 2.81. The molecule has 1 heterocycles. The molecule has 7 nitrogen and oxygen atoms in total. The molecule has 0 aliphatic rings. The maximum absolute atomic E-state index is 10.6. The van der Waals surface area contributed by atoms with E-state index in [1.165, 1.54) is 0 Å². The van der Waals surface area contributed by atoms with Gasteiger partial charge in [-0.25, -0.2) is 0 Å². The fourth-order valence-electron chi connectivity index (χ4n) is 1.83. The first kappa shape index (κ1) is 20.1. The van der Waals surface area contributed by atoms with E-state index in [1.807, 2.05) is 26.2 Å². The predicted molar refractivity (Wildman–Crippen MR) is 97.9 cm³/mol. The van der Waals surface area contributed by atoms with E-state index in [1.54, 1.807) is 18.7 Å². The van der Waals surface area contributed by atoms with E-state index in [4.69, 9.17) is 4.42 Å². The number of aliphatic imine (C=N–C) groups is 1. The smallest absolute Gasteiger partial charge is 0.259 e. The van der Waals surface area contributed by atoms with Crippen molar-refractivity contribution in [3.05, 3.63) is 33.8 Å². The standard InChI is InChI=1S/C16H24N4O3S/c1-4-5-8-17-16(12-20(21)22)18-9-10-24-13-15-7-6-14(23-15)11-19(2)3/h6-7H,8-13H2,1-3H3,(H,17,18). The number of nitro groups is 1. The molecule has 0 atom stereocenters. The Bertz CT molecular complexity index is 602. The first-order valence-electron chi connectivity index (χ1n) is 7.60. The highest BCUT2D eigenvalue weighted by molar-refractivity contribution is 7.98. The van der Waals surface area contributed by atoms with Crippen molar-refractivity contribution in [3.8, 4) is 11.8 Å². The molecule has 0 aromatic carbocycles. The van der Waals surface area contributed by atoms with Crippen molar-refractivity contribution in [2.45, 2.75) is 19.2 Å². The monoisotopic (exact) mass is 352 g/mol. The van der Waals surface area contributed by atoms with Crippen LogP contribution in [0.25, 0.3) is 0 Å². The van der Waals surface area contributed by atoms with Crippen LogP contribution in [0.15, 0.2) is 21.5 Å². The summed E-state index contributed by atoms with van der Waals surface area (Å²) in [5.74, 6) is 9.32. The second kappa shape index (κ2) is 11.5. The number of amidine groups is 1. The molecule has 24 heavy (non-hydrogen) atoms. The van der Waals surface area contributed by atoms with Crippen molar-refractivity contribution in [3.63, 3.8) is 0 Å². The lowest BCUT2D eigenvalue weighted by atomic mass is 10.4. The maximum atomic E-state index is 10.6. The SMILES string of the molecule is CC#CCNC(C[N+](=O)[O-])=NCCSCc1ccc(CN(C)C)o1. The predicted octanol–water partition coefficient (Wildman–Crippen LogP) is 1.86. The number of hydrogen-bond acceptors (Lipinski definition) is 6. The molecule has 1 rings (SSSR count). The first-order chi connectivity index (χ1) is 11.5. The summed E-state index contributed by atoms with van der Waals surface area (Å²) in [4.78, 5) is 16.5. The second-order valence-electron chi connectivity index (χ2n) is 5.26. The van der Waals surface area contributed by atoms with Gasteiger partial charge in [0, 0.05) is 10.7 Å². The van der Waals surface area contributed by atoms with Crippen LogP contribution in [0.1, 0.15) is 18.4 Å². The van der Waals surface area contributed by atoms with Gasteiger partial charge in [-0.05, 0) is 33.2 Å². The third-order valence-corrected chi connectivity index (χ3v) is 3.77. The fourth-order valence-corrected chi connectivity index (χ4v) is 2.55. The van der Waals surface area contributed by atoms with Gasteiger partial charge in [0.2, 0.25) is 0 Å². The zero-order chi connectivity index (χ0) is 17.8. The van der Waals surface area contributed by atoms with Gasteiger partial charge in [-0.15, -0.1) is 5.92 Å². The number of thioether (sulfide) groups is 1. The van der Waals surface area contributed by atoms with Crippen LogP contribution in [-0.2, 0) is 12.3 Å². The van der Waals surface area contributed by atoms with Crippen LogP contribution in [0.2, 0.25) is 0 Å². The Labute approximate surface area is 147 Å². The van der Waals surface area contributed by atoms with Crippen LogP contribution in [0.3, 0.4) is 0 Å². The minimum atomic E-state index is -0.395. The van der Waals surface area contributed by atoms with E-state index >= 15 is 0 Å². The van der Waals surface area contributed by atoms with Gasteiger partial charge < -0.3 is 14.6 Å². The molecule has 1 N–H and O–H groups in total.